The number of halogens is 1. The van der Waals surface area contributed by atoms with Crippen molar-refractivity contribution in [3.63, 3.8) is 0 Å². The van der Waals surface area contributed by atoms with E-state index in [0.717, 1.165) is 25.3 Å². The van der Waals surface area contributed by atoms with Crippen LogP contribution in [0, 0.1) is 10.1 Å². The van der Waals surface area contributed by atoms with E-state index >= 15 is 0 Å². The molecule has 1 atom stereocenters. The number of nitro benzene ring substituents is 1. The third-order valence-corrected chi connectivity index (χ3v) is 7.16. The normalized spacial score (nSPS) is 21.7. The molecule has 28 heavy (non-hydrogen) atoms. The zero-order valence-corrected chi connectivity index (χ0v) is 16.5. The third-order valence-electron chi connectivity index (χ3n) is 5.26. The second-order valence-electron chi connectivity index (χ2n) is 6.99. The Labute approximate surface area is 167 Å². The summed E-state index contributed by atoms with van der Waals surface area (Å²) < 4.78 is 32.7. The summed E-state index contributed by atoms with van der Waals surface area (Å²) in [5, 5.41) is 14.9. The molecule has 12 heteroatoms. The fourth-order valence-corrected chi connectivity index (χ4v) is 5.21. The van der Waals surface area contributed by atoms with Crippen molar-refractivity contribution >= 4 is 28.1 Å². The van der Waals surface area contributed by atoms with Gasteiger partial charge in [-0.2, -0.15) is 9.29 Å². The number of non-ortho nitro benzene ring substituents is 1. The van der Waals surface area contributed by atoms with Crippen LogP contribution in [0.3, 0.4) is 0 Å². The largest absolute Gasteiger partial charge is 0.337 e. The van der Waals surface area contributed by atoms with Crippen molar-refractivity contribution < 1.29 is 17.9 Å². The van der Waals surface area contributed by atoms with Gasteiger partial charge in [0.1, 0.15) is 6.04 Å². The maximum atomic E-state index is 13.1. The van der Waals surface area contributed by atoms with Gasteiger partial charge in [-0.25, -0.2) is 8.42 Å². The highest BCUT2D eigenvalue weighted by atomic mass is 35.5. The second kappa shape index (κ2) is 7.39. The SMILES string of the molecule is Cl.NC1(c2noc(C3CCCN3S(=O)(=O)c3cccc([N+](=O)[O-])c3)n2)CCC1. The predicted octanol–water partition coefficient (Wildman–Crippen LogP) is 2.26. The van der Waals surface area contributed by atoms with E-state index in [0.29, 0.717) is 18.7 Å². The van der Waals surface area contributed by atoms with Crippen molar-refractivity contribution in [2.75, 3.05) is 6.54 Å². The summed E-state index contributed by atoms with van der Waals surface area (Å²) in [6, 6.07) is 4.42. The topological polar surface area (TPSA) is 145 Å². The first-order valence-electron chi connectivity index (χ1n) is 8.70. The molecule has 0 radical (unpaired) electrons. The standard InChI is InChI=1S/C16H19N5O5S.ClH/c17-16(7-3-8-16)15-18-14(26-19-15)13-6-2-9-20(13)27(24,25)12-5-1-4-11(10-12)21(22)23;/h1,4-5,10,13H,2-3,6-9,17H2;1H. The fraction of sp³-hybridized carbons (Fsp3) is 0.500. The maximum absolute atomic E-state index is 13.1. The van der Waals surface area contributed by atoms with Crippen LogP contribution in [0.5, 0.6) is 0 Å². The first-order chi connectivity index (χ1) is 12.8. The molecule has 152 valence electrons. The van der Waals surface area contributed by atoms with Gasteiger partial charge in [-0.05, 0) is 38.2 Å². The predicted molar refractivity (Wildman–Crippen MR) is 100 cm³/mol. The number of hydrogen-bond donors (Lipinski definition) is 1. The van der Waals surface area contributed by atoms with Crippen LogP contribution in [0.1, 0.15) is 49.9 Å². The van der Waals surface area contributed by atoms with E-state index in [-0.39, 0.29) is 35.4 Å². The van der Waals surface area contributed by atoms with Gasteiger partial charge in [0, 0.05) is 18.7 Å². The second-order valence-corrected chi connectivity index (χ2v) is 8.88. The lowest BCUT2D eigenvalue weighted by Gasteiger charge is -2.34. The van der Waals surface area contributed by atoms with E-state index in [9.17, 15) is 18.5 Å². The molecule has 1 aromatic heterocycles. The summed E-state index contributed by atoms with van der Waals surface area (Å²) in [4.78, 5) is 14.6. The molecular weight excluding hydrogens is 410 g/mol. The van der Waals surface area contributed by atoms with Gasteiger partial charge in [0.15, 0.2) is 5.82 Å². The van der Waals surface area contributed by atoms with Crippen molar-refractivity contribution in [3.8, 4) is 0 Å². The number of nitrogens with zero attached hydrogens (tertiary/aromatic N) is 4. The molecule has 2 fully saturated rings. The summed E-state index contributed by atoms with van der Waals surface area (Å²) in [7, 11) is -3.94. The number of nitro groups is 1. The fourth-order valence-electron chi connectivity index (χ4n) is 3.52. The van der Waals surface area contributed by atoms with Crippen molar-refractivity contribution in [2.24, 2.45) is 5.73 Å². The molecule has 4 rings (SSSR count). The highest BCUT2D eigenvalue weighted by Gasteiger charge is 2.43. The molecule has 0 amide bonds. The van der Waals surface area contributed by atoms with Gasteiger partial charge in [-0.1, -0.05) is 11.2 Å². The molecule has 2 N–H and O–H groups in total. The Morgan fingerprint density at radius 1 is 1.32 bits per heavy atom. The molecule has 1 saturated heterocycles. The van der Waals surface area contributed by atoms with Gasteiger partial charge in [0.05, 0.1) is 15.4 Å². The Morgan fingerprint density at radius 2 is 2.07 bits per heavy atom. The van der Waals surface area contributed by atoms with Crippen LogP contribution >= 0.6 is 12.4 Å². The molecule has 2 heterocycles. The Kier molecular flexibility index (Phi) is 5.45. The van der Waals surface area contributed by atoms with Crippen LogP contribution in [0.25, 0.3) is 0 Å². The van der Waals surface area contributed by atoms with Crippen LogP contribution in [-0.4, -0.2) is 34.3 Å². The van der Waals surface area contributed by atoms with E-state index in [2.05, 4.69) is 10.1 Å². The number of sulfonamides is 1. The van der Waals surface area contributed by atoms with Gasteiger partial charge in [-0.3, -0.25) is 10.1 Å². The molecule has 1 unspecified atom stereocenters. The van der Waals surface area contributed by atoms with Crippen LogP contribution < -0.4 is 5.73 Å². The average molecular weight is 430 g/mol. The van der Waals surface area contributed by atoms with Gasteiger partial charge in [-0.15, -0.1) is 12.4 Å². The molecule has 0 bridgehead atoms. The highest BCUT2D eigenvalue weighted by Crippen LogP contribution is 2.40. The minimum Gasteiger partial charge on any atom is -0.337 e. The maximum Gasteiger partial charge on any atom is 0.270 e. The molecule has 0 spiro atoms. The zero-order valence-electron chi connectivity index (χ0n) is 14.9. The Hall–Kier alpha value is -2.08. The van der Waals surface area contributed by atoms with Crippen LogP contribution in [0.4, 0.5) is 5.69 Å². The molecule has 10 nitrogen and oxygen atoms in total. The van der Waals surface area contributed by atoms with Crippen LogP contribution in [0.2, 0.25) is 0 Å². The number of aromatic nitrogens is 2. The minimum absolute atomic E-state index is 0. The molecule has 1 saturated carbocycles. The molecule has 1 aliphatic carbocycles. The lowest BCUT2D eigenvalue weighted by molar-refractivity contribution is -0.385. The third kappa shape index (κ3) is 3.39. The molecule has 1 aromatic carbocycles. The first kappa shape index (κ1) is 20.6. The monoisotopic (exact) mass is 429 g/mol. The zero-order chi connectivity index (χ0) is 19.2. The summed E-state index contributed by atoms with van der Waals surface area (Å²) >= 11 is 0. The van der Waals surface area contributed by atoms with Gasteiger partial charge < -0.3 is 10.3 Å². The smallest absolute Gasteiger partial charge is 0.270 e. The van der Waals surface area contributed by atoms with Crippen LogP contribution in [-0.2, 0) is 15.6 Å². The van der Waals surface area contributed by atoms with E-state index < -0.39 is 26.5 Å². The highest BCUT2D eigenvalue weighted by molar-refractivity contribution is 7.89. The summed E-state index contributed by atoms with van der Waals surface area (Å²) in [6.07, 6.45) is 3.70. The summed E-state index contributed by atoms with van der Waals surface area (Å²) in [6.45, 7) is 0.279. The number of nitrogens with two attached hydrogens (primary N) is 1. The molecular formula is C16H20ClN5O5S. The van der Waals surface area contributed by atoms with E-state index in [1.165, 1.54) is 22.5 Å². The average Bonchev–Trinajstić information content (AvgIpc) is 3.29. The van der Waals surface area contributed by atoms with Crippen molar-refractivity contribution in [1.82, 2.24) is 14.4 Å². The summed E-state index contributed by atoms with van der Waals surface area (Å²) in [5.74, 6) is 0.622. The molecule has 1 aliphatic heterocycles. The van der Waals surface area contributed by atoms with Gasteiger partial charge in [0.2, 0.25) is 15.9 Å². The van der Waals surface area contributed by atoms with Crippen molar-refractivity contribution in [3.05, 3.63) is 46.1 Å². The first-order valence-corrected chi connectivity index (χ1v) is 10.1. The van der Waals surface area contributed by atoms with Crippen LogP contribution in [0.15, 0.2) is 33.7 Å². The number of rotatable bonds is 5. The minimum atomic E-state index is -3.94. The van der Waals surface area contributed by atoms with Gasteiger partial charge >= 0.3 is 0 Å². The number of benzene rings is 1. The van der Waals surface area contributed by atoms with Gasteiger partial charge in [0.25, 0.3) is 5.69 Å². The van der Waals surface area contributed by atoms with E-state index in [1.54, 1.807) is 0 Å². The Bertz CT molecular complexity index is 991. The van der Waals surface area contributed by atoms with E-state index in [4.69, 9.17) is 10.3 Å². The Morgan fingerprint density at radius 3 is 2.71 bits per heavy atom. The Balaban J connectivity index is 0.00000225. The van der Waals surface area contributed by atoms with Crippen molar-refractivity contribution in [2.45, 2.75) is 48.6 Å². The molecule has 2 aliphatic rings. The van der Waals surface area contributed by atoms with E-state index in [1.807, 2.05) is 0 Å². The van der Waals surface area contributed by atoms with Crippen molar-refractivity contribution in [1.29, 1.82) is 0 Å². The lowest BCUT2D eigenvalue weighted by Crippen LogP contribution is -2.44. The quantitative estimate of drug-likeness (QED) is 0.562. The molecule has 2 aromatic rings. The lowest BCUT2D eigenvalue weighted by atomic mass is 9.77. The number of hydrogen-bond acceptors (Lipinski definition) is 8. The summed E-state index contributed by atoms with van der Waals surface area (Å²) in [5.41, 5.74) is 5.34.